The average molecular weight is 412 g/mol. The zero-order valence-electron chi connectivity index (χ0n) is 13.7. The van der Waals surface area contributed by atoms with E-state index >= 15 is 0 Å². The largest absolute Gasteiger partial charge is 0.508 e. The summed E-state index contributed by atoms with van der Waals surface area (Å²) in [5, 5.41) is 16.7. The Morgan fingerprint density at radius 3 is 2.75 bits per heavy atom. The number of carbonyl (C=O) groups excluding carboxylic acids is 1. The van der Waals surface area contributed by atoms with Gasteiger partial charge in [0.1, 0.15) is 5.75 Å². The predicted octanol–water partition coefficient (Wildman–Crippen LogP) is 3.36. The number of fused-ring (bicyclic) bond motifs is 1. The molecule has 24 heavy (non-hydrogen) atoms. The number of thiophene rings is 1. The lowest BCUT2D eigenvalue weighted by Gasteiger charge is -2.25. The minimum Gasteiger partial charge on any atom is -0.508 e. The fraction of sp³-hybridized carbons (Fsp3) is 0.353. The van der Waals surface area contributed by atoms with Crippen LogP contribution in [-0.4, -0.2) is 41.6 Å². The van der Waals surface area contributed by atoms with Crippen LogP contribution >= 0.6 is 28.3 Å². The molecule has 0 spiro atoms. The monoisotopic (exact) mass is 411 g/mol. The van der Waals surface area contributed by atoms with Crippen molar-refractivity contribution in [1.82, 2.24) is 15.1 Å². The van der Waals surface area contributed by atoms with Crippen LogP contribution in [0, 0.1) is 0 Å². The Morgan fingerprint density at radius 2 is 2.08 bits per heavy atom. The van der Waals surface area contributed by atoms with E-state index < -0.39 is 0 Å². The molecule has 0 bridgehead atoms. The maximum Gasteiger partial charge on any atom is 0.318 e. The highest BCUT2D eigenvalue weighted by Gasteiger charge is 2.24. The van der Waals surface area contributed by atoms with Crippen LogP contribution < -0.4 is 5.32 Å². The molecule has 5 nitrogen and oxygen atoms in total. The average Bonchev–Trinajstić information content (AvgIpc) is 3.15. The number of hydrogen-bond acceptors (Lipinski definition) is 4. The highest BCUT2D eigenvalue weighted by Crippen LogP contribution is 2.26. The van der Waals surface area contributed by atoms with E-state index in [0.29, 0.717) is 19.6 Å². The molecular weight excluding hydrogens is 390 g/mol. The first kappa shape index (κ1) is 18.8. The van der Waals surface area contributed by atoms with Crippen molar-refractivity contribution >= 4 is 34.3 Å². The number of phenolic OH excluding ortho intramolecular Hbond substituents is 1. The number of hydrogen-bond donors (Lipinski definition) is 2. The molecule has 0 aliphatic carbocycles. The zero-order valence-corrected chi connectivity index (χ0v) is 16.3. The van der Waals surface area contributed by atoms with Gasteiger partial charge in [-0.2, -0.15) is 11.3 Å². The number of likely N-dealkylation sites (N-methyl/N-ethyl adjacent to an activating group) is 1. The highest BCUT2D eigenvalue weighted by molar-refractivity contribution is 8.93. The molecule has 0 saturated heterocycles. The molecule has 0 fully saturated rings. The zero-order chi connectivity index (χ0) is 16.4. The van der Waals surface area contributed by atoms with E-state index in [1.54, 1.807) is 28.4 Å². The van der Waals surface area contributed by atoms with Gasteiger partial charge in [0, 0.05) is 19.6 Å². The van der Waals surface area contributed by atoms with Crippen LogP contribution in [0.4, 0.5) is 4.79 Å². The van der Waals surface area contributed by atoms with E-state index in [4.69, 9.17) is 0 Å². The number of phenols is 1. The first-order valence-corrected chi connectivity index (χ1v) is 8.51. The molecule has 1 aliphatic heterocycles. The maximum absolute atomic E-state index is 12.4. The summed E-state index contributed by atoms with van der Waals surface area (Å²) in [6.07, 6.45) is 0. The number of urea groups is 1. The molecule has 7 heteroatoms. The van der Waals surface area contributed by atoms with Gasteiger partial charge in [0.15, 0.2) is 0 Å². The highest BCUT2D eigenvalue weighted by atomic mass is 79.9. The van der Waals surface area contributed by atoms with Crippen LogP contribution in [0.1, 0.15) is 22.7 Å². The molecule has 1 atom stereocenters. The van der Waals surface area contributed by atoms with Crippen molar-refractivity contribution in [2.75, 3.05) is 20.6 Å². The minimum absolute atomic E-state index is 0. The van der Waals surface area contributed by atoms with Crippen molar-refractivity contribution in [3.8, 4) is 5.75 Å². The van der Waals surface area contributed by atoms with Gasteiger partial charge in [-0.15, -0.1) is 17.0 Å². The van der Waals surface area contributed by atoms with Crippen LogP contribution in [0.3, 0.4) is 0 Å². The van der Waals surface area contributed by atoms with Gasteiger partial charge in [-0.1, -0.05) is 6.07 Å². The van der Waals surface area contributed by atoms with Gasteiger partial charge in [-0.05, 0) is 59.7 Å². The fourth-order valence-electron chi connectivity index (χ4n) is 2.88. The van der Waals surface area contributed by atoms with Gasteiger partial charge in [0.25, 0.3) is 0 Å². The summed E-state index contributed by atoms with van der Waals surface area (Å²) in [5.41, 5.74) is 3.33. The molecule has 2 heterocycles. The van der Waals surface area contributed by atoms with Gasteiger partial charge in [-0.3, -0.25) is 0 Å². The Labute approximate surface area is 156 Å². The molecule has 2 N–H and O–H groups in total. The Hall–Kier alpha value is -1.57. The van der Waals surface area contributed by atoms with Crippen molar-refractivity contribution in [3.63, 3.8) is 0 Å². The normalized spacial score (nSPS) is 14.2. The number of benzene rings is 1. The van der Waals surface area contributed by atoms with Crippen molar-refractivity contribution in [3.05, 3.63) is 51.7 Å². The third-order valence-electron chi connectivity index (χ3n) is 4.20. The Bertz CT molecular complexity index is 691. The summed E-state index contributed by atoms with van der Waals surface area (Å²) < 4.78 is 0. The van der Waals surface area contributed by atoms with E-state index in [9.17, 15) is 9.90 Å². The first-order valence-electron chi connectivity index (χ1n) is 7.56. The van der Waals surface area contributed by atoms with Crippen molar-refractivity contribution in [2.45, 2.75) is 19.1 Å². The molecule has 2 aromatic rings. The summed E-state index contributed by atoms with van der Waals surface area (Å²) in [6.45, 7) is 1.70. The smallest absolute Gasteiger partial charge is 0.318 e. The van der Waals surface area contributed by atoms with E-state index in [-0.39, 0.29) is 34.8 Å². The Kier molecular flexibility index (Phi) is 6.26. The van der Waals surface area contributed by atoms with Gasteiger partial charge in [0.05, 0.1) is 6.04 Å². The lowest BCUT2D eigenvalue weighted by Crippen LogP contribution is -2.40. The minimum atomic E-state index is -0.0669. The Morgan fingerprint density at radius 1 is 1.33 bits per heavy atom. The van der Waals surface area contributed by atoms with Crippen LogP contribution in [0.5, 0.6) is 5.75 Å². The number of nitrogens with one attached hydrogen (secondary N) is 1. The summed E-state index contributed by atoms with van der Waals surface area (Å²) in [5.74, 6) is 0.246. The maximum atomic E-state index is 12.4. The summed E-state index contributed by atoms with van der Waals surface area (Å²) in [6, 6.07) is 7.47. The van der Waals surface area contributed by atoms with Crippen molar-refractivity contribution in [1.29, 1.82) is 0 Å². The second-order valence-corrected chi connectivity index (χ2v) is 6.81. The number of carbonyl (C=O) groups is 1. The molecule has 1 aromatic heterocycles. The number of halogens is 1. The third kappa shape index (κ3) is 4.09. The quantitative estimate of drug-likeness (QED) is 0.810. The van der Waals surface area contributed by atoms with Crippen molar-refractivity contribution < 1.29 is 9.90 Å². The molecule has 0 radical (unpaired) electrons. The van der Waals surface area contributed by atoms with Gasteiger partial charge < -0.3 is 20.2 Å². The molecule has 0 saturated carbocycles. The number of amides is 2. The summed E-state index contributed by atoms with van der Waals surface area (Å²) in [7, 11) is 4.03. The van der Waals surface area contributed by atoms with Crippen LogP contribution in [0.2, 0.25) is 0 Å². The topological polar surface area (TPSA) is 55.8 Å². The molecule has 1 unspecified atom stereocenters. The molecular formula is C17H22BrN3O2S. The standard InChI is InChI=1S/C17H21N3O2S.BrH/c1-19(2)16(13-5-6-23-11-13)8-18-17(22)20-9-12-3-4-15(21)7-14(12)10-20;/h3-7,11,16,21H,8-10H2,1-2H3,(H,18,22);1H. The van der Waals surface area contributed by atoms with E-state index in [1.165, 1.54) is 5.56 Å². The van der Waals surface area contributed by atoms with E-state index in [1.807, 2.05) is 20.2 Å². The van der Waals surface area contributed by atoms with Crippen LogP contribution in [0.15, 0.2) is 35.0 Å². The van der Waals surface area contributed by atoms with Crippen LogP contribution in [-0.2, 0) is 13.1 Å². The molecule has 130 valence electrons. The molecule has 1 aliphatic rings. The second-order valence-electron chi connectivity index (χ2n) is 6.03. The lowest BCUT2D eigenvalue weighted by molar-refractivity contribution is 0.193. The van der Waals surface area contributed by atoms with Gasteiger partial charge >= 0.3 is 6.03 Å². The fourth-order valence-corrected chi connectivity index (χ4v) is 3.59. The molecule has 1 aromatic carbocycles. The lowest BCUT2D eigenvalue weighted by atomic mass is 10.1. The number of aromatic hydroxyl groups is 1. The second kappa shape index (κ2) is 8.00. The summed E-state index contributed by atoms with van der Waals surface area (Å²) in [4.78, 5) is 16.3. The number of nitrogens with zero attached hydrogens (tertiary/aromatic N) is 2. The Balaban J connectivity index is 0.00000208. The van der Waals surface area contributed by atoms with Crippen LogP contribution in [0.25, 0.3) is 0 Å². The third-order valence-corrected chi connectivity index (χ3v) is 4.90. The predicted molar refractivity (Wildman–Crippen MR) is 102 cm³/mol. The molecule has 2 amide bonds. The first-order chi connectivity index (χ1) is 11.0. The molecule has 3 rings (SSSR count). The van der Waals surface area contributed by atoms with Gasteiger partial charge in [-0.25, -0.2) is 4.79 Å². The van der Waals surface area contributed by atoms with Gasteiger partial charge in [0.2, 0.25) is 0 Å². The van der Waals surface area contributed by atoms with E-state index in [2.05, 4.69) is 27.0 Å². The number of rotatable bonds is 4. The SMILES string of the molecule is Br.CN(C)C(CNC(=O)N1Cc2ccc(O)cc2C1)c1ccsc1. The van der Waals surface area contributed by atoms with Crippen molar-refractivity contribution in [2.24, 2.45) is 0 Å². The summed E-state index contributed by atoms with van der Waals surface area (Å²) >= 11 is 1.66. The van der Waals surface area contributed by atoms with E-state index in [0.717, 1.165) is 11.1 Å².